The molecule has 0 radical (unpaired) electrons. The van der Waals surface area contributed by atoms with Crippen molar-refractivity contribution < 1.29 is 14.3 Å². The third-order valence-electron chi connectivity index (χ3n) is 3.82. The molecule has 1 aliphatic heterocycles. The number of aromatic nitrogens is 3. The average Bonchev–Trinajstić information content (AvgIpc) is 3.25. The van der Waals surface area contributed by atoms with Crippen LogP contribution in [0.2, 0.25) is 0 Å². The summed E-state index contributed by atoms with van der Waals surface area (Å²) in [5.74, 6) is 0.632. The number of carbonyl (C=O) groups is 1. The number of nitrogens with one attached hydrogen (secondary N) is 2. The maximum atomic E-state index is 12.1. The van der Waals surface area contributed by atoms with E-state index < -0.39 is 0 Å². The van der Waals surface area contributed by atoms with Gasteiger partial charge in [0.1, 0.15) is 5.75 Å². The molecule has 1 atom stereocenters. The molecule has 3 rings (SSSR count). The van der Waals surface area contributed by atoms with E-state index in [-0.39, 0.29) is 23.5 Å². The van der Waals surface area contributed by atoms with Gasteiger partial charge in [-0.25, -0.2) is 9.89 Å². The fourth-order valence-corrected chi connectivity index (χ4v) is 3.35. The highest BCUT2D eigenvalue weighted by atomic mass is 32.2. The topological polar surface area (TPSA) is 98.2 Å². The van der Waals surface area contributed by atoms with Crippen molar-refractivity contribution in [1.29, 1.82) is 0 Å². The Morgan fingerprint density at radius 1 is 1.56 bits per heavy atom. The van der Waals surface area contributed by atoms with Crippen LogP contribution in [-0.4, -0.2) is 46.2 Å². The summed E-state index contributed by atoms with van der Waals surface area (Å²) in [6, 6.07) is 7.13. The largest absolute Gasteiger partial charge is 0.497 e. The molecule has 0 aliphatic carbocycles. The number of anilines is 1. The molecule has 9 heteroatoms. The number of aromatic amines is 1. The molecule has 1 fully saturated rings. The predicted octanol–water partition coefficient (Wildman–Crippen LogP) is 1.49. The van der Waals surface area contributed by atoms with Crippen LogP contribution in [0.4, 0.5) is 5.69 Å². The highest BCUT2D eigenvalue weighted by molar-refractivity contribution is 7.99. The second kappa shape index (κ2) is 8.21. The van der Waals surface area contributed by atoms with Crippen molar-refractivity contribution in [2.24, 2.45) is 0 Å². The van der Waals surface area contributed by atoms with E-state index in [1.165, 1.54) is 16.3 Å². The summed E-state index contributed by atoms with van der Waals surface area (Å²) in [6.45, 7) is 1.18. The quantitative estimate of drug-likeness (QED) is 0.723. The van der Waals surface area contributed by atoms with E-state index in [0.717, 1.165) is 19.4 Å². The zero-order valence-corrected chi connectivity index (χ0v) is 14.7. The molecule has 1 saturated heterocycles. The fraction of sp³-hybridized carbons (Fsp3) is 0.438. The summed E-state index contributed by atoms with van der Waals surface area (Å²) in [7, 11) is 1.57. The first kappa shape index (κ1) is 17.6. The lowest BCUT2D eigenvalue weighted by molar-refractivity contribution is -0.113. The van der Waals surface area contributed by atoms with Crippen molar-refractivity contribution in [3.05, 3.63) is 34.7 Å². The summed E-state index contributed by atoms with van der Waals surface area (Å²) >= 11 is 1.21. The number of nitrogens with zero attached hydrogens (tertiary/aromatic N) is 2. The molecule has 25 heavy (non-hydrogen) atoms. The van der Waals surface area contributed by atoms with Gasteiger partial charge in [-0.3, -0.25) is 9.36 Å². The molecule has 0 saturated carbocycles. The fourth-order valence-electron chi connectivity index (χ4n) is 2.59. The molecule has 0 spiro atoms. The molecule has 1 aromatic heterocycles. The number of H-pyrrole nitrogens is 1. The Morgan fingerprint density at radius 3 is 3.20 bits per heavy atom. The normalized spacial score (nSPS) is 16.8. The number of hydrogen-bond donors (Lipinski definition) is 2. The third kappa shape index (κ3) is 4.64. The molecule has 2 heterocycles. The lowest BCUT2D eigenvalue weighted by Gasteiger charge is -2.11. The smallest absolute Gasteiger partial charge is 0.344 e. The van der Waals surface area contributed by atoms with E-state index >= 15 is 0 Å². The Kier molecular flexibility index (Phi) is 5.77. The van der Waals surface area contributed by atoms with E-state index in [0.29, 0.717) is 23.1 Å². The molecule has 1 aliphatic rings. The van der Waals surface area contributed by atoms with Gasteiger partial charge in [0.15, 0.2) is 5.16 Å². The molecule has 8 nitrogen and oxygen atoms in total. The van der Waals surface area contributed by atoms with Crippen molar-refractivity contribution in [1.82, 2.24) is 14.8 Å². The number of benzene rings is 1. The predicted molar refractivity (Wildman–Crippen MR) is 94.2 cm³/mol. The Labute approximate surface area is 148 Å². The van der Waals surface area contributed by atoms with E-state index in [1.807, 2.05) is 0 Å². The summed E-state index contributed by atoms with van der Waals surface area (Å²) in [5.41, 5.74) is 0.370. The van der Waals surface area contributed by atoms with Crippen LogP contribution >= 0.6 is 11.8 Å². The number of hydrogen-bond acceptors (Lipinski definition) is 6. The highest BCUT2D eigenvalue weighted by Gasteiger charge is 2.20. The van der Waals surface area contributed by atoms with Crippen molar-refractivity contribution in [2.75, 3.05) is 24.8 Å². The van der Waals surface area contributed by atoms with Crippen LogP contribution < -0.4 is 15.7 Å². The zero-order chi connectivity index (χ0) is 17.6. The molecule has 1 aromatic carbocycles. The van der Waals surface area contributed by atoms with Crippen molar-refractivity contribution in [2.45, 2.75) is 30.6 Å². The van der Waals surface area contributed by atoms with Crippen molar-refractivity contribution in [3.8, 4) is 5.75 Å². The van der Waals surface area contributed by atoms with Crippen LogP contribution in [0.15, 0.2) is 34.2 Å². The maximum absolute atomic E-state index is 12.1. The average molecular weight is 364 g/mol. The molecule has 0 unspecified atom stereocenters. The van der Waals surface area contributed by atoms with Crippen LogP contribution in [0, 0.1) is 0 Å². The molecule has 2 aromatic rings. The number of carbonyl (C=O) groups excluding carboxylic acids is 1. The molecule has 1 amide bonds. The zero-order valence-electron chi connectivity index (χ0n) is 13.9. The van der Waals surface area contributed by atoms with Crippen LogP contribution in [0.3, 0.4) is 0 Å². The van der Waals surface area contributed by atoms with Gasteiger partial charge in [-0.1, -0.05) is 17.8 Å². The monoisotopic (exact) mass is 364 g/mol. The minimum atomic E-state index is -0.286. The number of thioether (sulfide) groups is 1. The first-order valence-electron chi connectivity index (χ1n) is 7.99. The van der Waals surface area contributed by atoms with Gasteiger partial charge in [0.2, 0.25) is 5.91 Å². The van der Waals surface area contributed by atoms with E-state index in [9.17, 15) is 9.59 Å². The lowest BCUT2D eigenvalue weighted by atomic mass is 10.2. The van der Waals surface area contributed by atoms with Gasteiger partial charge in [-0.15, -0.1) is 5.10 Å². The summed E-state index contributed by atoms with van der Waals surface area (Å²) in [4.78, 5) is 24.0. The molecule has 0 bridgehead atoms. The minimum absolute atomic E-state index is 0.0280. The number of methoxy groups -OCH3 is 1. The molecular formula is C16H20N4O4S. The number of ether oxygens (including phenoxy) is 2. The summed E-state index contributed by atoms with van der Waals surface area (Å²) in [6.07, 6.45) is 1.96. The SMILES string of the molecule is COc1cccc(NC(=O)CSc2n[nH]c(=O)n2C[C@H]2CCCO2)c1. The lowest BCUT2D eigenvalue weighted by Crippen LogP contribution is -2.25. The van der Waals surface area contributed by atoms with Gasteiger partial charge in [0.05, 0.1) is 25.5 Å². The van der Waals surface area contributed by atoms with E-state index in [2.05, 4.69) is 15.5 Å². The summed E-state index contributed by atoms with van der Waals surface area (Å²) < 4.78 is 12.2. The standard InChI is InChI=1S/C16H20N4O4S/c1-23-12-5-2-4-11(8-12)17-14(21)10-25-16-19-18-15(22)20(16)9-13-6-3-7-24-13/h2,4-5,8,13H,3,6-7,9-10H2,1H3,(H,17,21)(H,18,22)/t13-/m1/s1. The first-order chi connectivity index (χ1) is 12.2. The van der Waals surface area contributed by atoms with Crippen LogP contribution in [0.25, 0.3) is 0 Å². The number of rotatable bonds is 7. The Hall–Kier alpha value is -2.26. The van der Waals surface area contributed by atoms with Crippen LogP contribution in [0.5, 0.6) is 5.75 Å². The van der Waals surface area contributed by atoms with Gasteiger partial charge < -0.3 is 14.8 Å². The van der Waals surface area contributed by atoms with E-state index in [4.69, 9.17) is 9.47 Å². The molecule has 2 N–H and O–H groups in total. The Morgan fingerprint density at radius 2 is 2.44 bits per heavy atom. The van der Waals surface area contributed by atoms with Gasteiger partial charge in [0.25, 0.3) is 0 Å². The maximum Gasteiger partial charge on any atom is 0.344 e. The highest BCUT2D eigenvalue weighted by Crippen LogP contribution is 2.20. The second-order valence-electron chi connectivity index (χ2n) is 5.63. The summed E-state index contributed by atoms with van der Waals surface area (Å²) in [5, 5.41) is 9.71. The van der Waals surface area contributed by atoms with Gasteiger partial charge in [-0.2, -0.15) is 0 Å². The second-order valence-corrected chi connectivity index (χ2v) is 6.57. The Bertz CT molecular complexity index is 782. The Balaban J connectivity index is 1.57. The minimum Gasteiger partial charge on any atom is -0.497 e. The van der Waals surface area contributed by atoms with Crippen molar-refractivity contribution in [3.63, 3.8) is 0 Å². The van der Waals surface area contributed by atoms with Gasteiger partial charge in [-0.05, 0) is 25.0 Å². The van der Waals surface area contributed by atoms with Gasteiger partial charge >= 0.3 is 5.69 Å². The third-order valence-corrected chi connectivity index (χ3v) is 4.80. The first-order valence-corrected chi connectivity index (χ1v) is 8.98. The number of amides is 1. The van der Waals surface area contributed by atoms with Crippen molar-refractivity contribution >= 4 is 23.4 Å². The molecule has 134 valence electrons. The van der Waals surface area contributed by atoms with Gasteiger partial charge in [0, 0.05) is 18.4 Å². The van der Waals surface area contributed by atoms with Crippen LogP contribution in [-0.2, 0) is 16.1 Å². The molecular weight excluding hydrogens is 344 g/mol. The van der Waals surface area contributed by atoms with Crippen LogP contribution in [0.1, 0.15) is 12.8 Å². The van der Waals surface area contributed by atoms with E-state index in [1.54, 1.807) is 31.4 Å².